The summed E-state index contributed by atoms with van der Waals surface area (Å²) >= 11 is 0. The zero-order chi connectivity index (χ0) is 13.4. The van der Waals surface area contributed by atoms with E-state index in [-0.39, 0.29) is 5.91 Å². The van der Waals surface area contributed by atoms with Gasteiger partial charge in [0.05, 0.1) is 5.56 Å². The first-order valence-electron chi connectivity index (χ1n) is 6.19. The molecule has 3 nitrogen and oxygen atoms in total. The average Bonchev–Trinajstić information content (AvgIpc) is 2.77. The molecule has 1 aliphatic rings. The molecule has 94 valence electrons. The SMILES string of the molecule is Cc1ccc(N(C)C2=NC(=O)c3ccccc32)cc1. The Morgan fingerprint density at radius 1 is 0.947 bits per heavy atom. The van der Waals surface area contributed by atoms with Crippen molar-refractivity contribution in [1.29, 1.82) is 0 Å². The maximum Gasteiger partial charge on any atom is 0.279 e. The van der Waals surface area contributed by atoms with Gasteiger partial charge in [0.2, 0.25) is 0 Å². The summed E-state index contributed by atoms with van der Waals surface area (Å²) in [4.78, 5) is 18.0. The van der Waals surface area contributed by atoms with Crippen LogP contribution in [0.15, 0.2) is 53.5 Å². The van der Waals surface area contributed by atoms with Crippen molar-refractivity contribution in [2.75, 3.05) is 11.9 Å². The molecule has 3 rings (SSSR count). The molecule has 0 saturated heterocycles. The quantitative estimate of drug-likeness (QED) is 0.779. The molecule has 1 heterocycles. The summed E-state index contributed by atoms with van der Waals surface area (Å²) in [6.07, 6.45) is 0. The molecule has 19 heavy (non-hydrogen) atoms. The first-order chi connectivity index (χ1) is 9.16. The molecular formula is C16H14N2O. The van der Waals surface area contributed by atoms with Crippen molar-refractivity contribution >= 4 is 17.4 Å². The van der Waals surface area contributed by atoms with Crippen LogP contribution in [0.3, 0.4) is 0 Å². The molecule has 0 aromatic heterocycles. The van der Waals surface area contributed by atoms with Crippen molar-refractivity contribution in [3.8, 4) is 0 Å². The van der Waals surface area contributed by atoms with Gasteiger partial charge in [0.1, 0.15) is 5.84 Å². The maximum absolute atomic E-state index is 11.9. The third-order valence-electron chi connectivity index (χ3n) is 3.34. The van der Waals surface area contributed by atoms with Gasteiger partial charge in [-0.25, -0.2) is 0 Å². The second-order valence-corrected chi connectivity index (χ2v) is 4.68. The minimum Gasteiger partial charge on any atom is -0.329 e. The van der Waals surface area contributed by atoms with Gasteiger partial charge in [-0.05, 0) is 25.1 Å². The van der Waals surface area contributed by atoms with Crippen LogP contribution < -0.4 is 4.90 Å². The van der Waals surface area contributed by atoms with Crippen LogP contribution in [0.25, 0.3) is 0 Å². The Bertz CT molecular complexity index is 671. The number of carbonyl (C=O) groups excluding carboxylic acids is 1. The Morgan fingerprint density at radius 3 is 2.26 bits per heavy atom. The molecule has 1 amide bonds. The zero-order valence-corrected chi connectivity index (χ0v) is 10.9. The topological polar surface area (TPSA) is 32.7 Å². The van der Waals surface area contributed by atoms with Gasteiger partial charge in [0.25, 0.3) is 5.91 Å². The van der Waals surface area contributed by atoms with Crippen molar-refractivity contribution in [3.05, 3.63) is 65.2 Å². The number of amidine groups is 1. The molecule has 0 radical (unpaired) electrons. The fourth-order valence-electron chi connectivity index (χ4n) is 2.23. The molecule has 0 saturated carbocycles. The summed E-state index contributed by atoms with van der Waals surface area (Å²) < 4.78 is 0. The molecule has 0 unspecified atom stereocenters. The monoisotopic (exact) mass is 250 g/mol. The summed E-state index contributed by atoms with van der Waals surface area (Å²) in [5, 5.41) is 0. The van der Waals surface area contributed by atoms with Gasteiger partial charge in [-0.15, -0.1) is 0 Å². The smallest absolute Gasteiger partial charge is 0.279 e. The van der Waals surface area contributed by atoms with Crippen LogP contribution in [0.4, 0.5) is 5.69 Å². The third kappa shape index (κ3) is 1.93. The van der Waals surface area contributed by atoms with E-state index in [1.807, 2.05) is 48.3 Å². The van der Waals surface area contributed by atoms with E-state index in [1.54, 1.807) is 0 Å². The second kappa shape index (κ2) is 4.35. The molecule has 3 heteroatoms. The normalized spacial score (nSPS) is 13.2. The number of hydrogen-bond acceptors (Lipinski definition) is 2. The van der Waals surface area contributed by atoms with Gasteiger partial charge >= 0.3 is 0 Å². The molecule has 0 fully saturated rings. The highest BCUT2D eigenvalue weighted by molar-refractivity contribution is 6.25. The molecule has 0 atom stereocenters. The molecule has 2 aromatic carbocycles. The van der Waals surface area contributed by atoms with Crippen LogP contribution >= 0.6 is 0 Å². The minimum absolute atomic E-state index is 0.162. The lowest BCUT2D eigenvalue weighted by Gasteiger charge is -2.19. The number of anilines is 1. The number of hydrogen-bond donors (Lipinski definition) is 0. The van der Waals surface area contributed by atoms with Crippen molar-refractivity contribution in [1.82, 2.24) is 0 Å². The molecule has 0 N–H and O–H groups in total. The Hall–Kier alpha value is -2.42. The number of benzene rings is 2. The molecule has 1 aliphatic heterocycles. The molecular weight excluding hydrogens is 236 g/mol. The predicted octanol–water partition coefficient (Wildman–Crippen LogP) is 3.03. The Morgan fingerprint density at radius 2 is 1.58 bits per heavy atom. The fourth-order valence-corrected chi connectivity index (χ4v) is 2.23. The van der Waals surface area contributed by atoms with Gasteiger partial charge in [-0.1, -0.05) is 35.9 Å². The van der Waals surface area contributed by atoms with Gasteiger partial charge in [-0.3, -0.25) is 4.79 Å². The molecule has 0 bridgehead atoms. The lowest BCUT2D eigenvalue weighted by molar-refractivity contribution is 0.101. The van der Waals surface area contributed by atoms with Crippen molar-refractivity contribution in [2.45, 2.75) is 6.92 Å². The summed E-state index contributed by atoms with van der Waals surface area (Å²) in [7, 11) is 1.93. The molecule has 0 aliphatic carbocycles. The average molecular weight is 250 g/mol. The fraction of sp³-hybridized carbons (Fsp3) is 0.125. The number of aryl methyl sites for hydroxylation is 1. The molecule has 0 spiro atoms. The van der Waals surface area contributed by atoms with E-state index in [4.69, 9.17) is 0 Å². The number of nitrogens with zero attached hydrogens (tertiary/aromatic N) is 2. The highest BCUT2D eigenvalue weighted by Gasteiger charge is 2.25. The molecule has 2 aromatic rings. The number of aliphatic imine (C=N–C) groups is 1. The van der Waals surface area contributed by atoms with Crippen LogP contribution in [0.2, 0.25) is 0 Å². The van der Waals surface area contributed by atoms with E-state index < -0.39 is 0 Å². The van der Waals surface area contributed by atoms with E-state index in [2.05, 4.69) is 24.0 Å². The zero-order valence-electron chi connectivity index (χ0n) is 10.9. The lowest BCUT2D eigenvalue weighted by Crippen LogP contribution is -2.25. The number of fused-ring (bicyclic) bond motifs is 1. The predicted molar refractivity (Wildman–Crippen MR) is 76.9 cm³/mol. The Balaban J connectivity index is 2.02. The van der Waals surface area contributed by atoms with Gasteiger partial charge in [0.15, 0.2) is 0 Å². The van der Waals surface area contributed by atoms with Crippen LogP contribution in [0.1, 0.15) is 21.5 Å². The third-order valence-corrected chi connectivity index (χ3v) is 3.34. The first kappa shape index (κ1) is 11.7. The van der Waals surface area contributed by atoms with Crippen LogP contribution in [0, 0.1) is 6.92 Å². The number of amides is 1. The summed E-state index contributed by atoms with van der Waals surface area (Å²) in [5.41, 5.74) is 3.81. The van der Waals surface area contributed by atoms with E-state index in [0.29, 0.717) is 11.4 Å². The van der Waals surface area contributed by atoms with Crippen molar-refractivity contribution in [3.63, 3.8) is 0 Å². The standard InChI is InChI=1S/C16H14N2O/c1-11-7-9-12(10-8-11)18(2)15-13-5-3-4-6-14(13)16(19)17-15/h3-10H,1-2H3. The van der Waals surface area contributed by atoms with Crippen LogP contribution in [0.5, 0.6) is 0 Å². The Kier molecular flexibility index (Phi) is 2.67. The van der Waals surface area contributed by atoms with Crippen LogP contribution in [-0.2, 0) is 0 Å². The lowest BCUT2D eigenvalue weighted by atomic mass is 10.1. The number of carbonyl (C=O) groups is 1. The van der Waals surface area contributed by atoms with E-state index >= 15 is 0 Å². The van der Waals surface area contributed by atoms with Gasteiger partial charge in [-0.2, -0.15) is 4.99 Å². The second-order valence-electron chi connectivity index (χ2n) is 4.68. The summed E-state index contributed by atoms with van der Waals surface area (Å²) in [5.74, 6) is 0.550. The maximum atomic E-state index is 11.9. The van der Waals surface area contributed by atoms with Gasteiger partial charge < -0.3 is 4.90 Å². The van der Waals surface area contributed by atoms with Crippen molar-refractivity contribution in [2.24, 2.45) is 4.99 Å². The van der Waals surface area contributed by atoms with E-state index in [0.717, 1.165) is 11.3 Å². The van der Waals surface area contributed by atoms with E-state index in [9.17, 15) is 4.79 Å². The minimum atomic E-state index is -0.162. The first-order valence-corrected chi connectivity index (χ1v) is 6.19. The highest BCUT2D eigenvalue weighted by atomic mass is 16.1. The van der Waals surface area contributed by atoms with Gasteiger partial charge in [0, 0.05) is 18.3 Å². The number of rotatable bonds is 1. The Labute approximate surface area is 112 Å². The largest absolute Gasteiger partial charge is 0.329 e. The summed E-state index contributed by atoms with van der Waals surface area (Å²) in [6, 6.07) is 15.7. The van der Waals surface area contributed by atoms with E-state index in [1.165, 1.54) is 5.56 Å². The van der Waals surface area contributed by atoms with Crippen LogP contribution in [-0.4, -0.2) is 18.8 Å². The summed E-state index contributed by atoms with van der Waals surface area (Å²) in [6.45, 7) is 2.05. The highest BCUT2D eigenvalue weighted by Crippen LogP contribution is 2.23. The van der Waals surface area contributed by atoms with Crippen molar-refractivity contribution < 1.29 is 4.79 Å².